The van der Waals surface area contributed by atoms with E-state index < -0.39 is 0 Å². The van der Waals surface area contributed by atoms with Crippen molar-refractivity contribution < 1.29 is 4.42 Å². The number of para-hydroxylation sites is 1. The summed E-state index contributed by atoms with van der Waals surface area (Å²) in [5, 5.41) is 1.16. The summed E-state index contributed by atoms with van der Waals surface area (Å²) in [5.41, 5.74) is 7.36. The van der Waals surface area contributed by atoms with Gasteiger partial charge in [0.05, 0.1) is 6.04 Å². The van der Waals surface area contributed by atoms with Crippen molar-refractivity contribution in [2.24, 2.45) is 11.7 Å². The molecule has 2 nitrogen and oxygen atoms in total. The molecule has 1 atom stereocenters. The van der Waals surface area contributed by atoms with E-state index in [-0.39, 0.29) is 6.04 Å². The third kappa shape index (κ3) is 2.30. The molecule has 0 saturated heterocycles. The predicted octanol–water partition coefficient (Wildman–Crippen LogP) is 4.40. The largest absolute Gasteiger partial charge is 0.459 e. The highest BCUT2D eigenvalue weighted by molar-refractivity contribution is 5.77. The number of benzene rings is 1. The number of hydrogen-bond acceptors (Lipinski definition) is 2. The monoisotopic (exact) mass is 243 g/mol. The highest BCUT2D eigenvalue weighted by Crippen LogP contribution is 2.34. The molecule has 1 aliphatic rings. The topological polar surface area (TPSA) is 39.2 Å². The molecule has 3 rings (SSSR count). The summed E-state index contributed by atoms with van der Waals surface area (Å²) in [4.78, 5) is 0. The summed E-state index contributed by atoms with van der Waals surface area (Å²) < 4.78 is 5.90. The zero-order valence-electron chi connectivity index (χ0n) is 10.8. The van der Waals surface area contributed by atoms with Crippen LogP contribution in [0.15, 0.2) is 34.7 Å². The van der Waals surface area contributed by atoms with Crippen LogP contribution in [-0.4, -0.2) is 0 Å². The maximum absolute atomic E-state index is 6.41. The lowest BCUT2D eigenvalue weighted by Gasteiger charge is -2.20. The molecule has 2 heteroatoms. The zero-order valence-corrected chi connectivity index (χ0v) is 10.8. The minimum absolute atomic E-state index is 0.0653. The molecule has 1 aliphatic carbocycles. The standard InChI is InChI=1S/C16H21NO/c17-16(12-7-3-1-2-4-8-12)15-11-13-9-5-6-10-14(13)18-15/h5-6,9-12,16H,1-4,7-8,17H2. The molecule has 0 radical (unpaired) electrons. The smallest absolute Gasteiger partial charge is 0.134 e. The molecule has 1 fully saturated rings. The average molecular weight is 243 g/mol. The second kappa shape index (κ2) is 5.15. The molecule has 1 heterocycles. The average Bonchev–Trinajstić information content (AvgIpc) is 2.64. The molecule has 0 bridgehead atoms. The van der Waals surface area contributed by atoms with Crippen LogP contribution in [0.3, 0.4) is 0 Å². The fourth-order valence-electron chi connectivity index (χ4n) is 3.07. The summed E-state index contributed by atoms with van der Waals surface area (Å²) in [7, 11) is 0. The lowest BCUT2D eigenvalue weighted by molar-refractivity contribution is 0.339. The van der Waals surface area contributed by atoms with Gasteiger partial charge in [0, 0.05) is 5.39 Å². The van der Waals surface area contributed by atoms with Crippen molar-refractivity contribution in [2.45, 2.75) is 44.6 Å². The van der Waals surface area contributed by atoms with Gasteiger partial charge in [-0.2, -0.15) is 0 Å². The van der Waals surface area contributed by atoms with E-state index in [9.17, 15) is 0 Å². The third-order valence-electron chi connectivity index (χ3n) is 4.18. The van der Waals surface area contributed by atoms with Gasteiger partial charge in [0.2, 0.25) is 0 Å². The summed E-state index contributed by atoms with van der Waals surface area (Å²) in [6, 6.07) is 10.3. The lowest BCUT2D eigenvalue weighted by Crippen LogP contribution is -2.20. The van der Waals surface area contributed by atoms with Crippen LogP contribution in [0.1, 0.15) is 50.3 Å². The van der Waals surface area contributed by atoms with Crippen LogP contribution in [0, 0.1) is 5.92 Å². The van der Waals surface area contributed by atoms with Gasteiger partial charge in [-0.1, -0.05) is 43.9 Å². The number of nitrogens with two attached hydrogens (primary N) is 1. The van der Waals surface area contributed by atoms with Gasteiger partial charge in [-0.3, -0.25) is 0 Å². The molecule has 2 N–H and O–H groups in total. The van der Waals surface area contributed by atoms with Crippen LogP contribution in [0.2, 0.25) is 0 Å². The minimum Gasteiger partial charge on any atom is -0.459 e. The SMILES string of the molecule is NC(c1cc2ccccc2o1)C1CCCCCC1. The van der Waals surface area contributed by atoms with Gasteiger partial charge in [-0.05, 0) is 30.9 Å². The maximum Gasteiger partial charge on any atom is 0.134 e. The molecular weight excluding hydrogens is 222 g/mol. The van der Waals surface area contributed by atoms with Gasteiger partial charge >= 0.3 is 0 Å². The molecule has 2 aromatic rings. The van der Waals surface area contributed by atoms with Crippen molar-refractivity contribution in [3.63, 3.8) is 0 Å². The molecule has 0 spiro atoms. The first kappa shape index (κ1) is 11.8. The summed E-state index contributed by atoms with van der Waals surface area (Å²) in [5.74, 6) is 1.55. The summed E-state index contributed by atoms with van der Waals surface area (Å²) >= 11 is 0. The van der Waals surface area contributed by atoms with Gasteiger partial charge in [0.1, 0.15) is 11.3 Å². The van der Waals surface area contributed by atoms with Crippen LogP contribution in [-0.2, 0) is 0 Å². The quantitative estimate of drug-likeness (QED) is 0.794. The molecule has 1 aromatic carbocycles. The van der Waals surface area contributed by atoms with Crippen LogP contribution in [0.5, 0.6) is 0 Å². The van der Waals surface area contributed by atoms with E-state index in [1.165, 1.54) is 38.5 Å². The van der Waals surface area contributed by atoms with E-state index >= 15 is 0 Å². The normalized spacial score (nSPS) is 19.8. The van der Waals surface area contributed by atoms with Gasteiger partial charge in [0.15, 0.2) is 0 Å². The third-order valence-corrected chi connectivity index (χ3v) is 4.18. The van der Waals surface area contributed by atoms with E-state index in [1.807, 2.05) is 18.2 Å². The Morgan fingerprint density at radius 1 is 1.06 bits per heavy atom. The Morgan fingerprint density at radius 3 is 2.50 bits per heavy atom. The van der Waals surface area contributed by atoms with Crippen molar-refractivity contribution in [3.05, 3.63) is 36.1 Å². The van der Waals surface area contributed by atoms with Crippen LogP contribution >= 0.6 is 0 Å². The van der Waals surface area contributed by atoms with Gasteiger partial charge in [-0.25, -0.2) is 0 Å². The van der Waals surface area contributed by atoms with Crippen molar-refractivity contribution in [2.75, 3.05) is 0 Å². The van der Waals surface area contributed by atoms with Gasteiger partial charge in [-0.15, -0.1) is 0 Å². The predicted molar refractivity (Wildman–Crippen MR) is 74.3 cm³/mol. The zero-order chi connectivity index (χ0) is 12.4. The van der Waals surface area contributed by atoms with Crippen molar-refractivity contribution in [1.82, 2.24) is 0 Å². The molecule has 0 amide bonds. The molecular formula is C16H21NO. The Hall–Kier alpha value is -1.28. The fraction of sp³-hybridized carbons (Fsp3) is 0.500. The molecule has 1 unspecified atom stereocenters. The number of fused-ring (bicyclic) bond motifs is 1. The van der Waals surface area contributed by atoms with Crippen molar-refractivity contribution in [3.8, 4) is 0 Å². The first-order valence-corrected chi connectivity index (χ1v) is 7.08. The number of hydrogen-bond donors (Lipinski definition) is 1. The van der Waals surface area contributed by atoms with E-state index in [0.717, 1.165) is 16.7 Å². The lowest BCUT2D eigenvalue weighted by atomic mass is 9.91. The molecule has 18 heavy (non-hydrogen) atoms. The van der Waals surface area contributed by atoms with E-state index in [1.54, 1.807) is 0 Å². The molecule has 0 aliphatic heterocycles. The molecule has 1 aromatic heterocycles. The van der Waals surface area contributed by atoms with Gasteiger partial charge in [0.25, 0.3) is 0 Å². The summed E-state index contributed by atoms with van der Waals surface area (Å²) in [6.45, 7) is 0. The second-order valence-electron chi connectivity index (χ2n) is 5.46. The minimum atomic E-state index is 0.0653. The Bertz CT molecular complexity index is 476. The number of furan rings is 1. The summed E-state index contributed by atoms with van der Waals surface area (Å²) in [6.07, 6.45) is 7.86. The van der Waals surface area contributed by atoms with Crippen LogP contribution < -0.4 is 5.73 Å². The second-order valence-corrected chi connectivity index (χ2v) is 5.46. The first-order chi connectivity index (χ1) is 8.84. The van der Waals surface area contributed by atoms with Crippen molar-refractivity contribution in [1.29, 1.82) is 0 Å². The highest BCUT2D eigenvalue weighted by Gasteiger charge is 2.23. The fourth-order valence-corrected chi connectivity index (χ4v) is 3.07. The molecule has 96 valence electrons. The van der Waals surface area contributed by atoms with E-state index in [0.29, 0.717) is 5.92 Å². The molecule has 1 saturated carbocycles. The Morgan fingerprint density at radius 2 is 1.78 bits per heavy atom. The van der Waals surface area contributed by atoms with Crippen molar-refractivity contribution >= 4 is 11.0 Å². The maximum atomic E-state index is 6.41. The number of rotatable bonds is 2. The first-order valence-electron chi connectivity index (χ1n) is 7.08. The Labute approximate surface area is 108 Å². The van der Waals surface area contributed by atoms with Crippen LogP contribution in [0.4, 0.5) is 0 Å². The van der Waals surface area contributed by atoms with Crippen LogP contribution in [0.25, 0.3) is 11.0 Å². The Kier molecular flexibility index (Phi) is 3.37. The highest BCUT2D eigenvalue weighted by atomic mass is 16.3. The van der Waals surface area contributed by atoms with E-state index in [4.69, 9.17) is 10.2 Å². The van der Waals surface area contributed by atoms with Gasteiger partial charge < -0.3 is 10.2 Å². The van der Waals surface area contributed by atoms with E-state index in [2.05, 4.69) is 12.1 Å². The Balaban J connectivity index is 1.83.